The van der Waals surface area contributed by atoms with E-state index in [4.69, 9.17) is 9.57 Å². The molecule has 0 unspecified atom stereocenters. The minimum absolute atomic E-state index is 0.170. The third-order valence-corrected chi connectivity index (χ3v) is 5.43. The van der Waals surface area contributed by atoms with Gasteiger partial charge in [0.1, 0.15) is 6.61 Å². The molecule has 0 saturated carbocycles. The number of nitrogens with one attached hydrogen (secondary N) is 1. The van der Waals surface area contributed by atoms with Gasteiger partial charge in [0, 0.05) is 21.7 Å². The molecular weight excluding hydrogens is 384 g/mol. The highest BCUT2D eigenvalue weighted by atomic mass is 32.2. The highest BCUT2D eigenvalue weighted by molar-refractivity contribution is 7.99. The second-order valence-electron chi connectivity index (χ2n) is 6.62. The predicted octanol–water partition coefficient (Wildman–Crippen LogP) is 6.11. The molecule has 0 fully saturated rings. The smallest absolute Gasteiger partial charge is 0.256 e. The van der Waals surface area contributed by atoms with Crippen LogP contribution in [0.2, 0.25) is 0 Å². The van der Waals surface area contributed by atoms with Crippen LogP contribution in [0.5, 0.6) is 0 Å². The van der Waals surface area contributed by atoms with Gasteiger partial charge in [0.05, 0.1) is 7.11 Å². The van der Waals surface area contributed by atoms with Crippen LogP contribution in [0.3, 0.4) is 0 Å². The molecule has 0 spiro atoms. The number of hydrogen-bond donors (Lipinski definition) is 1. The van der Waals surface area contributed by atoms with Gasteiger partial charge < -0.3 is 14.9 Å². The molecular formula is C23H30N2O3S. The standard InChI is InChI=1S/C23H30N2O3S/c1-3-4-5-6-9-16-29-21-14-12-20(13-15-21)25-23(26)22-11-8-7-10-19(22)17-28-24-18-27-2/h7-8,10-15,18H,3-6,9,16-17H2,1-2H3,(H,25,26)/b24-18+. The van der Waals surface area contributed by atoms with Crippen LogP contribution in [0, 0.1) is 0 Å². The third-order valence-electron chi connectivity index (χ3n) is 4.33. The summed E-state index contributed by atoms with van der Waals surface area (Å²) in [4.78, 5) is 19.0. The SMILES string of the molecule is CCCCCCCSc1ccc(NC(=O)c2ccccc2CO/N=C/OC)cc1. The van der Waals surface area contributed by atoms with Gasteiger partial charge >= 0.3 is 0 Å². The number of carbonyl (C=O) groups is 1. The number of carbonyl (C=O) groups excluding carboxylic acids is 1. The number of thioether (sulfide) groups is 1. The molecule has 2 aromatic carbocycles. The number of rotatable bonds is 13. The fraction of sp³-hybridized carbons (Fsp3) is 0.391. The maximum Gasteiger partial charge on any atom is 0.256 e. The first-order valence-electron chi connectivity index (χ1n) is 10.0. The Morgan fingerprint density at radius 3 is 2.59 bits per heavy atom. The van der Waals surface area contributed by atoms with Gasteiger partial charge in [-0.3, -0.25) is 4.79 Å². The molecule has 2 rings (SSSR count). The summed E-state index contributed by atoms with van der Waals surface area (Å²) in [6.45, 7) is 2.43. The fourth-order valence-electron chi connectivity index (χ4n) is 2.78. The summed E-state index contributed by atoms with van der Waals surface area (Å²) >= 11 is 1.87. The Labute approximate surface area is 177 Å². The first-order valence-corrected chi connectivity index (χ1v) is 11.0. The summed E-state index contributed by atoms with van der Waals surface area (Å²) in [5.74, 6) is 0.963. The Morgan fingerprint density at radius 1 is 1.07 bits per heavy atom. The van der Waals surface area contributed by atoms with Gasteiger partial charge in [-0.1, -0.05) is 56.0 Å². The number of oxime groups is 1. The summed E-state index contributed by atoms with van der Waals surface area (Å²) < 4.78 is 4.69. The van der Waals surface area contributed by atoms with Crippen LogP contribution in [0.1, 0.15) is 54.9 Å². The molecule has 156 valence electrons. The lowest BCUT2D eigenvalue weighted by Gasteiger charge is -2.10. The second kappa shape index (κ2) is 13.7. The molecule has 2 aromatic rings. The van der Waals surface area contributed by atoms with E-state index in [9.17, 15) is 4.79 Å². The van der Waals surface area contributed by atoms with E-state index in [1.165, 1.54) is 50.5 Å². The molecule has 0 aromatic heterocycles. The van der Waals surface area contributed by atoms with Crippen LogP contribution in [0.15, 0.2) is 58.6 Å². The van der Waals surface area contributed by atoms with Crippen molar-refractivity contribution in [3.63, 3.8) is 0 Å². The predicted molar refractivity (Wildman–Crippen MR) is 121 cm³/mol. The van der Waals surface area contributed by atoms with E-state index in [1.54, 1.807) is 6.07 Å². The van der Waals surface area contributed by atoms with E-state index in [0.717, 1.165) is 17.0 Å². The molecule has 1 amide bonds. The number of nitrogens with zero attached hydrogens (tertiary/aromatic N) is 1. The van der Waals surface area contributed by atoms with Gasteiger partial charge in [-0.2, -0.15) is 0 Å². The maximum absolute atomic E-state index is 12.7. The molecule has 0 bridgehead atoms. The number of unbranched alkanes of at least 4 members (excludes halogenated alkanes) is 4. The first-order chi connectivity index (χ1) is 14.2. The first kappa shape index (κ1) is 22.8. The average Bonchev–Trinajstić information content (AvgIpc) is 2.75. The zero-order chi connectivity index (χ0) is 20.7. The molecule has 0 radical (unpaired) electrons. The van der Waals surface area contributed by atoms with Crippen LogP contribution in [0.25, 0.3) is 0 Å². The summed E-state index contributed by atoms with van der Waals surface area (Å²) in [6, 6.07) is 15.3. The third kappa shape index (κ3) is 8.60. The molecule has 0 saturated heterocycles. The van der Waals surface area contributed by atoms with Crippen molar-refractivity contribution in [2.24, 2.45) is 5.16 Å². The Bertz CT molecular complexity index is 763. The molecule has 0 aliphatic heterocycles. The van der Waals surface area contributed by atoms with Crippen molar-refractivity contribution in [1.82, 2.24) is 0 Å². The van der Waals surface area contributed by atoms with E-state index in [0.29, 0.717) is 5.56 Å². The van der Waals surface area contributed by atoms with E-state index < -0.39 is 0 Å². The van der Waals surface area contributed by atoms with Crippen molar-refractivity contribution in [3.05, 3.63) is 59.7 Å². The van der Waals surface area contributed by atoms with Crippen molar-refractivity contribution in [3.8, 4) is 0 Å². The molecule has 0 heterocycles. The normalized spacial score (nSPS) is 10.8. The molecule has 0 aliphatic carbocycles. The molecule has 0 aliphatic rings. The Balaban J connectivity index is 1.85. The van der Waals surface area contributed by atoms with Crippen molar-refractivity contribution >= 4 is 29.8 Å². The zero-order valence-corrected chi connectivity index (χ0v) is 18.0. The van der Waals surface area contributed by atoms with E-state index in [1.807, 2.05) is 42.1 Å². The molecule has 0 atom stereocenters. The van der Waals surface area contributed by atoms with Crippen molar-refractivity contribution in [2.75, 3.05) is 18.2 Å². The van der Waals surface area contributed by atoms with Crippen LogP contribution in [-0.2, 0) is 16.2 Å². The van der Waals surface area contributed by atoms with Gasteiger partial charge in [0.2, 0.25) is 6.40 Å². The van der Waals surface area contributed by atoms with Gasteiger partial charge in [-0.05, 0) is 42.5 Å². The largest absolute Gasteiger partial charge is 0.484 e. The van der Waals surface area contributed by atoms with E-state index in [-0.39, 0.29) is 12.5 Å². The number of amides is 1. The molecule has 5 nitrogen and oxygen atoms in total. The lowest BCUT2D eigenvalue weighted by molar-refractivity contribution is 0.101. The number of methoxy groups -OCH3 is 1. The maximum atomic E-state index is 12.7. The van der Waals surface area contributed by atoms with Gasteiger partial charge in [0.25, 0.3) is 5.91 Å². The van der Waals surface area contributed by atoms with Gasteiger partial charge in [-0.15, -0.1) is 11.8 Å². The quantitative estimate of drug-likeness (QED) is 0.141. The van der Waals surface area contributed by atoms with Crippen LogP contribution >= 0.6 is 11.8 Å². The lowest BCUT2D eigenvalue weighted by Crippen LogP contribution is -2.14. The summed E-state index contributed by atoms with van der Waals surface area (Å²) in [5.41, 5.74) is 2.09. The summed E-state index contributed by atoms with van der Waals surface area (Å²) in [7, 11) is 1.49. The van der Waals surface area contributed by atoms with E-state index in [2.05, 4.69) is 29.5 Å². The highest BCUT2D eigenvalue weighted by Gasteiger charge is 2.11. The fourth-order valence-corrected chi connectivity index (χ4v) is 3.69. The Hall–Kier alpha value is -2.47. The Kier molecular flexibility index (Phi) is 10.7. The minimum Gasteiger partial charge on any atom is -0.484 e. The van der Waals surface area contributed by atoms with Crippen molar-refractivity contribution in [1.29, 1.82) is 0 Å². The summed E-state index contributed by atoms with van der Waals surface area (Å²) in [5, 5.41) is 6.59. The van der Waals surface area contributed by atoms with Crippen LogP contribution in [-0.4, -0.2) is 25.2 Å². The van der Waals surface area contributed by atoms with E-state index >= 15 is 0 Å². The van der Waals surface area contributed by atoms with Crippen molar-refractivity contribution < 1.29 is 14.4 Å². The topological polar surface area (TPSA) is 59.9 Å². The molecule has 29 heavy (non-hydrogen) atoms. The van der Waals surface area contributed by atoms with Gasteiger partial charge in [-0.25, -0.2) is 0 Å². The lowest BCUT2D eigenvalue weighted by atomic mass is 10.1. The van der Waals surface area contributed by atoms with Crippen molar-refractivity contribution in [2.45, 2.75) is 50.5 Å². The van der Waals surface area contributed by atoms with Crippen LogP contribution in [0.4, 0.5) is 5.69 Å². The molecule has 6 heteroatoms. The number of anilines is 1. The minimum atomic E-state index is -0.170. The number of ether oxygens (including phenoxy) is 1. The molecule has 1 N–H and O–H groups in total. The average molecular weight is 415 g/mol. The highest BCUT2D eigenvalue weighted by Crippen LogP contribution is 2.22. The van der Waals surface area contributed by atoms with Gasteiger partial charge in [0.15, 0.2) is 0 Å². The summed E-state index contributed by atoms with van der Waals surface area (Å²) in [6.07, 6.45) is 7.68. The number of benzene rings is 2. The monoisotopic (exact) mass is 414 g/mol. The zero-order valence-electron chi connectivity index (χ0n) is 17.2. The number of hydrogen-bond acceptors (Lipinski definition) is 5. The van der Waals surface area contributed by atoms with Crippen LogP contribution < -0.4 is 5.32 Å². The second-order valence-corrected chi connectivity index (χ2v) is 7.79. The Morgan fingerprint density at radius 2 is 1.83 bits per heavy atom.